The van der Waals surface area contributed by atoms with Crippen molar-refractivity contribution in [2.75, 3.05) is 67.5 Å². The van der Waals surface area contributed by atoms with Crippen molar-refractivity contribution in [2.45, 2.75) is 38.5 Å². The molecule has 2 aliphatic heterocycles. The summed E-state index contributed by atoms with van der Waals surface area (Å²) in [5.74, 6) is -1.04. The minimum Gasteiger partial charge on any atom is -0.328 e. The maximum atomic E-state index is 12.5. The molecule has 0 unspecified atom stereocenters. The van der Waals surface area contributed by atoms with Gasteiger partial charge in [0.25, 0.3) is 23.6 Å². The standard InChI is InChI=1S/C30H42N6O4/c1-35(2,21-11-17-33-27(37)23-13-9-15-31-25(23)29(33)39)19-7-5-6-8-20-36(3,4)22-12-18-34-28(38)24-14-10-16-32-26(24)30(34)40/h9-10,13-16H,5-8,11-12,17-22H2,1-4H3/q+2. The Kier molecular flexibility index (Phi) is 9.10. The summed E-state index contributed by atoms with van der Waals surface area (Å²) in [6.07, 6.45) is 9.21. The second kappa shape index (κ2) is 12.3. The molecule has 2 aliphatic rings. The lowest BCUT2D eigenvalue weighted by Gasteiger charge is -2.31. The van der Waals surface area contributed by atoms with Crippen LogP contribution in [0, 0.1) is 0 Å². The fraction of sp³-hybridized carbons (Fsp3) is 0.533. The molecular weight excluding hydrogens is 508 g/mol. The van der Waals surface area contributed by atoms with Crippen LogP contribution in [-0.2, 0) is 0 Å². The molecule has 214 valence electrons. The van der Waals surface area contributed by atoms with E-state index in [2.05, 4.69) is 38.2 Å². The minimum absolute atomic E-state index is 0.236. The van der Waals surface area contributed by atoms with Crippen molar-refractivity contribution in [3.05, 3.63) is 59.2 Å². The van der Waals surface area contributed by atoms with E-state index < -0.39 is 0 Å². The molecule has 0 fully saturated rings. The van der Waals surface area contributed by atoms with Crippen LogP contribution in [0.15, 0.2) is 36.7 Å². The maximum absolute atomic E-state index is 12.5. The molecule has 2 aromatic rings. The average molecular weight is 551 g/mol. The fourth-order valence-electron chi connectivity index (χ4n) is 5.60. The number of imide groups is 2. The van der Waals surface area contributed by atoms with Crippen LogP contribution in [0.1, 0.15) is 80.2 Å². The quantitative estimate of drug-likeness (QED) is 0.192. The number of quaternary nitrogens is 2. The first-order valence-corrected chi connectivity index (χ1v) is 14.3. The zero-order valence-corrected chi connectivity index (χ0v) is 24.3. The monoisotopic (exact) mass is 550 g/mol. The van der Waals surface area contributed by atoms with E-state index in [-0.39, 0.29) is 35.0 Å². The van der Waals surface area contributed by atoms with Gasteiger partial charge in [-0.25, -0.2) is 0 Å². The SMILES string of the molecule is C[N+](C)(CCCCCC[N+](C)(C)CCCN1C(=O)c2cccnc2C1=O)CCCN1C(=O)c2cccnc2C1=O. The molecular formula is C30H42N6O4+2. The van der Waals surface area contributed by atoms with Gasteiger partial charge in [0.1, 0.15) is 11.4 Å². The third kappa shape index (κ3) is 6.79. The van der Waals surface area contributed by atoms with E-state index >= 15 is 0 Å². The first-order valence-electron chi connectivity index (χ1n) is 14.3. The van der Waals surface area contributed by atoms with E-state index in [4.69, 9.17) is 0 Å². The van der Waals surface area contributed by atoms with Crippen LogP contribution >= 0.6 is 0 Å². The largest absolute Gasteiger partial charge is 0.328 e. The summed E-state index contributed by atoms with van der Waals surface area (Å²) < 4.78 is 1.71. The van der Waals surface area contributed by atoms with Gasteiger partial charge in [0.05, 0.1) is 65.5 Å². The van der Waals surface area contributed by atoms with Gasteiger partial charge in [-0.1, -0.05) is 0 Å². The van der Waals surface area contributed by atoms with E-state index in [0.717, 1.165) is 73.7 Å². The molecule has 0 atom stereocenters. The number of rotatable bonds is 15. The average Bonchev–Trinajstić information content (AvgIpc) is 3.31. The van der Waals surface area contributed by atoms with E-state index in [1.807, 2.05) is 0 Å². The molecule has 10 nitrogen and oxygen atoms in total. The van der Waals surface area contributed by atoms with E-state index in [1.165, 1.54) is 9.80 Å². The van der Waals surface area contributed by atoms with Crippen molar-refractivity contribution < 1.29 is 28.1 Å². The fourth-order valence-corrected chi connectivity index (χ4v) is 5.60. The number of amides is 4. The highest BCUT2D eigenvalue weighted by Crippen LogP contribution is 2.22. The molecule has 4 amide bonds. The second-order valence-corrected chi connectivity index (χ2v) is 12.2. The lowest BCUT2D eigenvalue weighted by atomic mass is 10.1. The Bertz CT molecular complexity index is 1110. The summed E-state index contributed by atoms with van der Waals surface area (Å²) in [7, 11) is 8.81. The summed E-state index contributed by atoms with van der Waals surface area (Å²) in [6.45, 7) is 4.75. The van der Waals surface area contributed by atoms with Gasteiger partial charge in [-0.3, -0.25) is 38.9 Å². The summed E-state index contributed by atoms with van der Waals surface area (Å²) in [6, 6.07) is 6.71. The van der Waals surface area contributed by atoms with Crippen molar-refractivity contribution in [2.24, 2.45) is 0 Å². The lowest BCUT2D eigenvalue weighted by Crippen LogP contribution is -2.43. The van der Waals surface area contributed by atoms with Crippen LogP contribution in [0.2, 0.25) is 0 Å². The van der Waals surface area contributed by atoms with E-state index in [1.54, 1.807) is 36.7 Å². The topological polar surface area (TPSA) is 101 Å². The molecule has 2 aromatic heterocycles. The highest BCUT2D eigenvalue weighted by atomic mass is 16.2. The van der Waals surface area contributed by atoms with E-state index in [0.29, 0.717) is 24.2 Å². The van der Waals surface area contributed by atoms with Gasteiger partial charge < -0.3 is 8.97 Å². The number of hydrogen-bond donors (Lipinski definition) is 0. The predicted octanol–water partition coefficient (Wildman–Crippen LogP) is 2.86. The Morgan fingerprint density at radius 3 is 1.30 bits per heavy atom. The Balaban J connectivity index is 1.07. The normalized spacial score (nSPS) is 15.3. The van der Waals surface area contributed by atoms with Crippen LogP contribution in [0.25, 0.3) is 0 Å². The number of pyridine rings is 2. The second-order valence-electron chi connectivity index (χ2n) is 12.2. The Morgan fingerprint density at radius 1 is 0.550 bits per heavy atom. The van der Waals surface area contributed by atoms with Gasteiger partial charge >= 0.3 is 0 Å². The number of hydrogen-bond acceptors (Lipinski definition) is 6. The molecule has 0 N–H and O–H groups in total. The molecule has 10 heteroatoms. The maximum Gasteiger partial charge on any atom is 0.280 e. The zero-order chi connectivity index (χ0) is 28.9. The molecule has 4 rings (SSSR count). The molecule has 0 bridgehead atoms. The highest BCUT2D eigenvalue weighted by Gasteiger charge is 2.37. The van der Waals surface area contributed by atoms with Gasteiger partial charge in [-0.15, -0.1) is 0 Å². The first-order chi connectivity index (χ1) is 19.0. The molecule has 0 aliphatic carbocycles. The van der Waals surface area contributed by atoms with Gasteiger partial charge in [0, 0.05) is 38.3 Å². The summed E-state index contributed by atoms with van der Waals surface area (Å²) in [4.78, 5) is 60.8. The number of unbranched alkanes of at least 4 members (excludes halogenated alkanes) is 3. The minimum atomic E-state index is -0.284. The Morgan fingerprint density at radius 2 is 0.925 bits per heavy atom. The molecule has 0 aromatic carbocycles. The van der Waals surface area contributed by atoms with Gasteiger partial charge in [0.15, 0.2) is 0 Å². The molecule has 40 heavy (non-hydrogen) atoms. The van der Waals surface area contributed by atoms with Gasteiger partial charge in [0.2, 0.25) is 0 Å². The van der Waals surface area contributed by atoms with Gasteiger partial charge in [-0.05, 0) is 49.9 Å². The first kappa shape index (κ1) is 29.5. The summed E-state index contributed by atoms with van der Waals surface area (Å²) in [5.41, 5.74) is 1.35. The molecule has 0 saturated carbocycles. The van der Waals surface area contributed by atoms with Crippen molar-refractivity contribution >= 4 is 23.6 Å². The summed E-state index contributed by atoms with van der Waals surface area (Å²) in [5, 5.41) is 0. The van der Waals surface area contributed by atoms with Gasteiger partial charge in [-0.2, -0.15) is 0 Å². The van der Waals surface area contributed by atoms with Crippen LogP contribution in [0.4, 0.5) is 0 Å². The number of aromatic nitrogens is 2. The van der Waals surface area contributed by atoms with Crippen LogP contribution in [0.5, 0.6) is 0 Å². The van der Waals surface area contributed by atoms with E-state index in [9.17, 15) is 19.2 Å². The zero-order valence-electron chi connectivity index (χ0n) is 24.3. The molecule has 0 saturated heterocycles. The third-order valence-corrected chi connectivity index (χ3v) is 8.03. The molecule has 0 spiro atoms. The Hall–Kier alpha value is -3.50. The van der Waals surface area contributed by atoms with Crippen LogP contribution in [-0.4, -0.2) is 120 Å². The predicted molar refractivity (Wildman–Crippen MR) is 151 cm³/mol. The molecule has 0 radical (unpaired) electrons. The van der Waals surface area contributed by atoms with Crippen molar-refractivity contribution in [3.8, 4) is 0 Å². The van der Waals surface area contributed by atoms with Crippen LogP contribution in [0.3, 0.4) is 0 Å². The van der Waals surface area contributed by atoms with Crippen molar-refractivity contribution in [1.29, 1.82) is 0 Å². The van der Waals surface area contributed by atoms with Crippen LogP contribution < -0.4 is 0 Å². The lowest BCUT2D eigenvalue weighted by molar-refractivity contribution is -0.891. The third-order valence-electron chi connectivity index (χ3n) is 8.03. The summed E-state index contributed by atoms with van der Waals surface area (Å²) >= 11 is 0. The molecule has 4 heterocycles. The van der Waals surface area contributed by atoms with Crippen molar-refractivity contribution in [3.63, 3.8) is 0 Å². The number of carbonyl (C=O) groups is 4. The highest BCUT2D eigenvalue weighted by molar-refractivity contribution is 6.21. The van der Waals surface area contributed by atoms with Crippen molar-refractivity contribution in [1.82, 2.24) is 19.8 Å². The number of fused-ring (bicyclic) bond motifs is 2. The number of carbonyl (C=O) groups excluding carboxylic acids is 4. The Labute approximate surface area is 236 Å². The smallest absolute Gasteiger partial charge is 0.280 e. The number of nitrogens with zero attached hydrogens (tertiary/aromatic N) is 6.